The number of anilines is 1. The first-order valence-electron chi connectivity index (χ1n) is 12.6. The fourth-order valence-corrected chi connectivity index (χ4v) is 6.11. The summed E-state index contributed by atoms with van der Waals surface area (Å²) in [7, 11) is -4.04. The molecule has 14 heteroatoms. The number of nitrogens with zero attached hydrogens (tertiary/aromatic N) is 4. The van der Waals surface area contributed by atoms with E-state index < -0.39 is 27.9 Å². The smallest absolute Gasteiger partial charge is 0.480 e. The van der Waals surface area contributed by atoms with E-state index in [0.717, 1.165) is 16.1 Å². The van der Waals surface area contributed by atoms with Gasteiger partial charge in [0.15, 0.2) is 10.8 Å². The highest BCUT2D eigenvalue weighted by Crippen LogP contribution is 2.24. The fraction of sp³-hybridized carbons (Fsp3) is 0.179. The predicted molar refractivity (Wildman–Crippen MR) is 153 cm³/mol. The summed E-state index contributed by atoms with van der Waals surface area (Å²) in [6.45, 7) is 1.42. The number of nitrogens with one attached hydrogen (secondary N) is 1. The molecule has 0 aliphatic heterocycles. The second-order valence-corrected chi connectivity index (χ2v) is 11.9. The van der Waals surface area contributed by atoms with E-state index in [4.69, 9.17) is 8.83 Å². The fourth-order valence-electron chi connectivity index (χ4n) is 4.13. The van der Waals surface area contributed by atoms with Gasteiger partial charge in [-0.25, -0.2) is 33.0 Å². The maximum atomic E-state index is 13.7. The van der Waals surface area contributed by atoms with Crippen molar-refractivity contribution in [3.8, 4) is 10.6 Å². The van der Waals surface area contributed by atoms with Crippen molar-refractivity contribution < 1.29 is 27.2 Å². The number of pyridine rings is 2. The van der Waals surface area contributed by atoms with Gasteiger partial charge in [-0.2, -0.15) is 4.31 Å². The molecule has 216 valence electrons. The molecule has 0 fully saturated rings. The number of hydrogen-bond acceptors (Lipinski definition) is 11. The second-order valence-electron chi connectivity index (χ2n) is 9.16. The van der Waals surface area contributed by atoms with Gasteiger partial charge in [0.05, 0.1) is 12.2 Å². The van der Waals surface area contributed by atoms with Crippen molar-refractivity contribution >= 4 is 33.1 Å². The highest BCUT2D eigenvalue weighted by atomic mass is 32.2. The van der Waals surface area contributed by atoms with Crippen LogP contribution in [0.1, 0.15) is 22.8 Å². The molecule has 4 heterocycles. The lowest BCUT2D eigenvalue weighted by molar-refractivity contribution is -0.138. The predicted octanol–water partition coefficient (Wildman–Crippen LogP) is 3.95. The average molecular weight is 608 g/mol. The molecule has 0 spiro atoms. The van der Waals surface area contributed by atoms with Gasteiger partial charge in [0.1, 0.15) is 22.6 Å². The molecule has 0 aliphatic rings. The molecule has 2 N–H and O–H groups in total. The van der Waals surface area contributed by atoms with Gasteiger partial charge in [-0.3, -0.25) is 0 Å². The third-order valence-corrected chi connectivity index (χ3v) is 8.75. The summed E-state index contributed by atoms with van der Waals surface area (Å²) in [6.07, 6.45) is 2.96. The van der Waals surface area contributed by atoms with Crippen LogP contribution in [0.3, 0.4) is 0 Å². The summed E-state index contributed by atoms with van der Waals surface area (Å²) in [5, 5.41) is 15.2. The molecule has 0 bridgehead atoms. The Kier molecular flexibility index (Phi) is 8.56. The maximum Gasteiger partial charge on any atom is 0.519 e. The number of benzene rings is 1. The average Bonchev–Trinajstić information content (AvgIpc) is 3.63. The van der Waals surface area contributed by atoms with Crippen molar-refractivity contribution in [2.75, 3.05) is 5.32 Å². The molecule has 1 aromatic carbocycles. The van der Waals surface area contributed by atoms with E-state index in [9.17, 15) is 23.1 Å². The SMILES string of the molecule is Cc1oc(=O)oc1CC(Nc1cccc(CN(Cc2ccc(-c3nccs3)cc2)S(=O)(=O)c2ccccn2)n1)C(=O)O. The van der Waals surface area contributed by atoms with E-state index >= 15 is 0 Å². The van der Waals surface area contributed by atoms with E-state index in [1.54, 1.807) is 36.5 Å². The lowest BCUT2D eigenvalue weighted by Crippen LogP contribution is -2.33. The third-order valence-electron chi connectivity index (χ3n) is 6.22. The molecule has 4 aromatic heterocycles. The molecule has 0 saturated carbocycles. The molecule has 42 heavy (non-hydrogen) atoms. The van der Waals surface area contributed by atoms with Crippen molar-refractivity contribution in [3.05, 3.63) is 112 Å². The zero-order valence-corrected chi connectivity index (χ0v) is 23.8. The van der Waals surface area contributed by atoms with Gasteiger partial charge in [-0.15, -0.1) is 11.3 Å². The van der Waals surface area contributed by atoms with E-state index in [0.29, 0.717) is 5.69 Å². The third kappa shape index (κ3) is 6.79. The van der Waals surface area contributed by atoms with Gasteiger partial charge in [0.25, 0.3) is 10.0 Å². The van der Waals surface area contributed by atoms with E-state index in [-0.39, 0.29) is 41.9 Å². The molecular formula is C28H25N5O7S2. The van der Waals surface area contributed by atoms with Crippen LogP contribution < -0.4 is 11.1 Å². The monoisotopic (exact) mass is 607 g/mol. The maximum absolute atomic E-state index is 13.7. The van der Waals surface area contributed by atoms with Gasteiger partial charge in [-0.1, -0.05) is 36.4 Å². The lowest BCUT2D eigenvalue weighted by Gasteiger charge is -2.22. The molecular weight excluding hydrogens is 582 g/mol. The summed E-state index contributed by atoms with van der Waals surface area (Å²) in [5.74, 6) is -1.63. The largest absolute Gasteiger partial charge is 0.519 e. The highest BCUT2D eigenvalue weighted by Gasteiger charge is 2.27. The number of aryl methyl sites for hydroxylation is 1. The Morgan fingerprint density at radius 2 is 1.83 bits per heavy atom. The first kappa shape index (κ1) is 28.9. The summed E-state index contributed by atoms with van der Waals surface area (Å²) >= 11 is 1.51. The van der Waals surface area contributed by atoms with Crippen molar-refractivity contribution in [1.29, 1.82) is 0 Å². The number of rotatable bonds is 12. The van der Waals surface area contributed by atoms with Crippen molar-refractivity contribution in [1.82, 2.24) is 19.3 Å². The van der Waals surface area contributed by atoms with Crippen LogP contribution in [0.5, 0.6) is 0 Å². The van der Waals surface area contributed by atoms with Gasteiger partial charge < -0.3 is 19.3 Å². The Hall–Kier alpha value is -4.66. The summed E-state index contributed by atoms with van der Waals surface area (Å²) in [4.78, 5) is 36.2. The molecule has 0 saturated heterocycles. The molecule has 0 aliphatic carbocycles. The number of carbonyl (C=O) groups is 1. The molecule has 5 rings (SSSR count). The van der Waals surface area contributed by atoms with Gasteiger partial charge in [0, 0.05) is 36.3 Å². The van der Waals surface area contributed by atoms with Crippen molar-refractivity contribution in [3.63, 3.8) is 0 Å². The van der Waals surface area contributed by atoms with Gasteiger partial charge in [0.2, 0.25) is 0 Å². The minimum absolute atomic E-state index is 0.0347. The number of sulfonamides is 1. The minimum Gasteiger partial charge on any atom is -0.480 e. The first-order valence-corrected chi connectivity index (χ1v) is 15.0. The molecule has 1 unspecified atom stereocenters. The molecule has 12 nitrogen and oxygen atoms in total. The summed E-state index contributed by atoms with van der Waals surface area (Å²) < 4.78 is 38.4. The zero-order chi connectivity index (χ0) is 29.7. The molecule has 0 amide bonds. The number of aliphatic carboxylic acids is 1. The highest BCUT2D eigenvalue weighted by molar-refractivity contribution is 7.89. The number of aromatic nitrogens is 3. The van der Waals surface area contributed by atoms with E-state index in [2.05, 4.69) is 20.3 Å². The summed E-state index contributed by atoms with van der Waals surface area (Å²) in [6, 6.07) is 15.8. The van der Waals surface area contributed by atoms with Crippen LogP contribution in [-0.2, 0) is 34.3 Å². The Labute approximate surface area is 244 Å². The quantitative estimate of drug-likeness (QED) is 0.211. The molecule has 5 aromatic rings. The normalized spacial score (nSPS) is 12.3. The number of carboxylic acids is 1. The number of thiazole rings is 1. The van der Waals surface area contributed by atoms with Crippen molar-refractivity contribution in [2.45, 2.75) is 37.5 Å². The van der Waals surface area contributed by atoms with Crippen LogP contribution in [-0.4, -0.2) is 44.8 Å². The minimum atomic E-state index is -4.04. The van der Waals surface area contributed by atoms with Crippen LogP contribution in [0.15, 0.2) is 97.1 Å². The topological polar surface area (TPSA) is 169 Å². The van der Waals surface area contributed by atoms with Crippen LogP contribution >= 0.6 is 11.3 Å². The van der Waals surface area contributed by atoms with E-state index in [1.807, 2.05) is 29.6 Å². The molecule has 1 atom stereocenters. The number of hydrogen-bond donors (Lipinski definition) is 2. The number of carboxylic acid groups (broad SMARTS) is 1. The van der Waals surface area contributed by atoms with Crippen LogP contribution in [0.4, 0.5) is 5.82 Å². The summed E-state index contributed by atoms with van der Waals surface area (Å²) in [5.41, 5.74) is 2.03. The zero-order valence-electron chi connectivity index (χ0n) is 22.2. The van der Waals surface area contributed by atoms with Crippen LogP contribution in [0, 0.1) is 6.92 Å². The Bertz CT molecular complexity index is 1820. The Morgan fingerprint density at radius 1 is 1.02 bits per heavy atom. The lowest BCUT2D eigenvalue weighted by atomic mass is 10.1. The van der Waals surface area contributed by atoms with Crippen molar-refractivity contribution in [2.24, 2.45) is 0 Å². The molecule has 0 radical (unpaired) electrons. The van der Waals surface area contributed by atoms with Crippen LogP contribution in [0.2, 0.25) is 0 Å². The van der Waals surface area contributed by atoms with Crippen LogP contribution in [0.25, 0.3) is 10.6 Å². The first-order chi connectivity index (χ1) is 20.2. The Morgan fingerprint density at radius 3 is 2.48 bits per heavy atom. The van der Waals surface area contributed by atoms with Gasteiger partial charge >= 0.3 is 11.8 Å². The van der Waals surface area contributed by atoms with E-state index in [1.165, 1.54) is 34.8 Å². The second kappa shape index (κ2) is 12.5. The standard InChI is InChI=1S/C28H25N5O7S2/c1-18-23(40-28(36)39-18)15-22(27(34)35)32-24-6-4-5-21(31-24)17-33(42(37,38)25-7-2-3-12-29-25)16-19-8-10-20(11-9-19)26-30-13-14-41-26/h2-14,22H,15-17H2,1H3,(H,31,32)(H,34,35). The van der Waals surface area contributed by atoms with Gasteiger partial charge in [-0.05, 0) is 36.8 Å². The Balaban J connectivity index is 1.39.